The first-order chi connectivity index (χ1) is 24.8. The summed E-state index contributed by atoms with van der Waals surface area (Å²) in [5, 5.41) is 10.3. The van der Waals surface area contributed by atoms with Gasteiger partial charge in [-0.25, -0.2) is 0 Å². The Morgan fingerprint density at radius 3 is 1.60 bits per heavy atom. The van der Waals surface area contributed by atoms with Crippen molar-refractivity contribution in [3.05, 3.63) is 194 Å². The van der Waals surface area contributed by atoms with Crippen LogP contribution >= 0.6 is 0 Å². The van der Waals surface area contributed by atoms with Crippen LogP contribution in [0.5, 0.6) is 0 Å². The number of rotatable bonds is 5. The molecule has 0 amide bonds. The molecule has 0 bridgehead atoms. The fourth-order valence-corrected chi connectivity index (χ4v) is 7.91. The molecule has 1 aromatic heterocycles. The normalized spacial score (nSPS) is 11.6. The number of fused-ring (bicyclic) bond motifs is 10. The zero-order valence-electron chi connectivity index (χ0n) is 27.4. The van der Waals surface area contributed by atoms with E-state index in [-0.39, 0.29) is 0 Å². The smallest absolute Gasteiger partial charge is 0.0626 e. The van der Waals surface area contributed by atoms with Crippen LogP contribution in [0.3, 0.4) is 0 Å². The predicted octanol–water partition coefficient (Wildman–Crippen LogP) is 13.4. The molecule has 0 N–H and O–H groups in total. The molecule has 0 aliphatic rings. The minimum atomic E-state index is 1.11. The highest BCUT2D eigenvalue weighted by atomic mass is 15.1. The van der Waals surface area contributed by atoms with Crippen LogP contribution < -0.4 is 4.90 Å². The fraction of sp³-hybridized carbons (Fsp3) is 0. The Labute approximate surface area is 290 Å². The molecule has 234 valence electrons. The average molecular weight is 637 g/mol. The van der Waals surface area contributed by atoms with Crippen LogP contribution in [-0.4, -0.2) is 4.57 Å². The van der Waals surface area contributed by atoms with E-state index < -0.39 is 0 Å². The maximum atomic E-state index is 2.47. The van der Waals surface area contributed by atoms with Crippen LogP contribution in [-0.2, 0) is 0 Å². The minimum Gasteiger partial charge on any atom is -0.311 e. The summed E-state index contributed by atoms with van der Waals surface area (Å²) in [5.41, 5.74) is 9.35. The molecule has 10 aromatic rings. The SMILES string of the molecule is c1ccc(-c2ccc(N(c3ccccc3)c3ccc(-n4c5ccccc5c5c6c7ccccc7ccc6c6ccccc6c54)cc3)cc2)cc1. The molecule has 0 unspecified atom stereocenters. The van der Waals surface area contributed by atoms with Crippen LogP contribution in [0.15, 0.2) is 194 Å². The summed E-state index contributed by atoms with van der Waals surface area (Å²) in [5.74, 6) is 0. The Morgan fingerprint density at radius 1 is 0.320 bits per heavy atom. The van der Waals surface area contributed by atoms with Crippen molar-refractivity contribution in [1.82, 2.24) is 4.57 Å². The first kappa shape index (κ1) is 28.4. The molecule has 0 aliphatic heterocycles. The van der Waals surface area contributed by atoms with Crippen molar-refractivity contribution >= 4 is 71.2 Å². The number of benzene rings is 9. The zero-order chi connectivity index (χ0) is 33.0. The Morgan fingerprint density at radius 2 is 0.860 bits per heavy atom. The Bertz CT molecular complexity index is 2830. The lowest BCUT2D eigenvalue weighted by molar-refractivity contribution is 1.18. The van der Waals surface area contributed by atoms with Gasteiger partial charge in [-0.3, -0.25) is 0 Å². The van der Waals surface area contributed by atoms with Crippen molar-refractivity contribution in [2.75, 3.05) is 4.90 Å². The van der Waals surface area contributed by atoms with Crippen molar-refractivity contribution in [2.24, 2.45) is 0 Å². The molecule has 0 saturated carbocycles. The molecular weight excluding hydrogens is 605 g/mol. The van der Waals surface area contributed by atoms with Gasteiger partial charge in [-0.1, -0.05) is 140 Å². The maximum absolute atomic E-state index is 2.47. The van der Waals surface area contributed by atoms with E-state index in [0.29, 0.717) is 0 Å². The van der Waals surface area contributed by atoms with Crippen molar-refractivity contribution < 1.29 is 0 Å². The second kappa shape index (κ2) is 11.5. The average Bonchev–Trinajstić information content (AvgIpc) is 3.54. The summed E-state index contributed by atoms with van der Waals surface area (Å²) < 4.78 is 2.47. The van der Waals surface area contributed by atoms with Gasteiger partial charge in [0.1, 0.15) is 0 Å². The van der Waals surface area contributed by atoms with E-state index in [1.54, 1.807) is 0 Å². The Hall–Kier alpha value is -6.64. The third-order valence-electron chi connectivity index (χ3n) is 10.1. The molecule has 10 rings (SSSR count). The van der Waals surface area contributed by atoms with Crippen molar-refractivity contribution in [3.63, 3.8) is 0 Å². The maximum Gasteiger partial charge on any atom is 0.0626 e. The summed E-state index contributed by atoms with van der Waals surface area (Å²) in [4.78, 5) is 2.33. The summed E-state index contributed by atoms with van der Waals surface area (Å²) >= 11 is 0. The van der Waals surface area contributed by atoms with Crippen molar-refractivity contribution in [2.45, 2.75) is 0 Å². The number of hydrogen-bond acceptors (Lipinski definition) is 1. The topological polar surface area (TPSA) is 8.17 Å². The van der Waals surface area contributed by atoms with Gasteiger partial charge in [0, 0.05) is 44.3 Å². The number of hydrogen-bond donors (Lipinski definition) is 0. The molecule has 0 aliphatic carbocycles. The van der Waals surface area contributed by atoms with E-state index in [0.717, 1.165) is 22.7 Å². The Kier molecular flexibility index (Phi) is 6.53. The van der Waals surface area contributed by atoms with Gasteiger partial charge in [0.2, 0.25) is 0 Å². The van der Waals surface area contributed by atoms with Gasteiger partial charge >= 0.3 is 0 Å². The standard InChI is InChI=1S/C48H32N2/c1-3-13-33(14-4-1)34-23-26-37(27-24-34)49(36-16-5-2-6-17-36)38-28-30-39(31-29-38)50-45-22-12-11-21-44(45)47-46-40-18-8-7-15-35(40)25-32-42(46)41-19-9-10-20-43(41)48(47)50/h1-32H. The minimum absolute atomic E-state index is 1.11. The van der Waals surface area contributed by atoms with E-state index in [1.807, 2.05) is 0 Å². The molecule has 0 spiro atoms. The highest BCUT2D eigenvalue weighted by molar-refractivity contribution is 6.36. The summed E-state index contributed by atoms with van der Waals surface area (Å²) in [6.45, 7) is 0. The van der Waals surface area contributed by atoms with Crippen molar-refractivity contribution in [3.8, 4) is 16.8 Å². The van der Waals surface area contributed by atoms with Crippen LogP contribution in [0, 0.1) is 0 Å². The number of nitrogens with zero attached hydrogens (tertiary/aromatic N) is 2. The highest BCUT2D eigenvalue weighted by Gasteiger charge is 2.20. The van der Waals surface area contributed by atoms with Gasteiger partial charge in [0.15, 0.2) is 0 Å². The monoisotopic (exact) mass is 636 g/mol. The first-order valence-electron chi connectivity index (χ1n) is 17.2. The van der Waals surface area contributed by atoms with Gasteiger partial charge < -0.3 is 9.47 Å². The Balaban J connectivity index is 1.19. The van der Waals surface area contributed by atoms with E-state index in [2.05, 4.69) is 204 Å². The summed E-state index contributed by atoms with van der Waals surface area (Å²) in [7, 11) is 0. The van der Waals surface area contributed by atoms with Gasteiger partial charge in [0.05, 0.1) is 11.0 Å². The lowest BCUT2D eigenvalue weighted by atomic mass is 9.93. The molecule has 1 heterocycles. The predicted molar refractivity (Wildman–Crippen MR) is 213 cm³/mol. The number of para-hydroxylation sites is 2. The van der Waals surface area contributed by atoms with Crippen LogP contribution in [0.25, 0.3) is 70.9 Å². The molecular formula is C48H32N2. The van der Waals surface area contributed by atoms with E-state index >= 15 is 0 Å². The number of anilines is 3. The lowest BCUT2D eigenvalue weighted by Crippen LogP contribution is -2.10. The van der Waals surface area contributed by atoms with Gasteiger partial charge in [-0.2, -0.15) is 0 Å². The zero-order valence-corrected chi connectivity index (χ0v) is 27.4. The molecule has 0 atom stereocenters. The molecule has 2 heteroatoms. The quantitative estimate of drug-likeness (QED) is 0.171. The molecule has 2 nitrogen and oxygen atoms in total. The molecule has 50 heavy (non-hydrogen) atoms. The summed E-state index contributed by atoms with van der Waals surface area (Å²) in [6, 6.07) is 70.2. The second-order valence-electron chi connectivity index (χ2n) is 12.9. The van der Waals surface area contributed by atoms with Crippen LogP contribution in [0.2, 0.25) is 0 Å². The molecule has 0 fully saturated rings. The van der Waals surface area contributed by atoms with Crippen molar-refractivity contribution in [1.29, 1.82) is 0 Å². The van der Waals surface area contributed by atoms with E-state index in [4.69, 9.17) is 0 Å². The third-order valence-corrected chi connectivity index (χ3v) is 10.1. The molecule has 9 aromatic carbocycles. The lowest BCUT2D eigenvalue weighted by Gasteiger charge is -2.26. The van der Waals surface area contributed by atoms with Crippen LogP contribution in [0.4, 0.5) is 17.1 Å². The number of aromatic nitrogens is 1. The van der Waals surface area contributed by atoms with Gasteiger partial charge in [0.25, 0.3) is 0 Å². The van der Waals surface area contributed by atoms with E-state index in [9.17, 15) is 0 Å². The highest BCUT2D eigenvalue weighted by Crippen LogP contribution is 2.45. The van der Waals surface area contributed by atoms with E-state index in [1.165, 1.54) is 65.3 Å². The largest absolute Gasteiger partial charge is 0.311 e. The molecule has 0 saturated heterocycles. The van der Waals surface area contributed by atoms with Gasteiger partial charge in [-0.15, -0.1) is 0 Å². The fourth-order valence-electron chi connectivity index (χ4n) is 7.91. The van der Waals surface area contributed by atoms with Crippen LogP contribution in [0.1, 0.15) is 0 Å². The molecule has 0 radical (unpaired) electrons. The third kappa shape index (κ3) is 4.43. The second-order valence-corrected chi connectivity index (χ2v) is 12.9. The first-order valence-corrected chi connectivity index (χ1v) is 17.2. The van der Waals surface area contributed by atoms with Gasteiger partial charge in [-0.05, 0) is 87.3 Å². The summed E-state index contributed by atoms with van der Waals surface area (Å²) in [6.07, 6.45) is 0.